The summed E-state index contributed by atoms with van der Waals surface area (Å²) in [6.07, 6.45) is 0. The van der Waals surface area contributed by atoms with Crippen molar-refractivity contribution in [2.75, 3.05) is 0 Å². The Labute approximate surface area is 101 Å². The molecule has 0 aromatic rings. The lowest BCUT2D eigenvalue weighted by Crippen LogP contribution is -2.46. The number of amides is 1. The monoisotopic (exact) mass is 227 g/mol. The van der Waals surface area contributed by atoms with Gasteiger partial charge in [-0.05, 0) is 17.3 Å². The summed E-state index contributed by atoms with van der Waals surface area (Å²) in [6.45, 7) is 17.0. The molecule has 0 aliphatic heterocycles. The second-order valence-corrected chi connectivity index (χ2v) is 6.61. The van der Waals surface area contributed by atoms with E-state index < -0.39 is 0 Å². The third-order valence-electron chi connectivity index (χ3n) is 3.44. The Balaban J connectivity index is 4.54. The Morgan fingerprint density at radius 3 is 1.56 bits per heavy atom. The molecule has 0 bridgehead atoms. The van der Waals surface area contributed by atoms with E-state index in [1.807, 2.05) is 6.92 Å². The number of carbonyl (C=O) groups is 1. The molecule has 0 heterocycles. The Kier molecular flexibility index (Phi) is 5.51. The minimum atomic E-state index is 0.0303. The SMILES string of the molecule is CC(C)C(NC(=O)C(C)C(C)(C)C)C(C)C. The van der Waals surface area contributed by atoms with Gasteiger partial charge < -0.3 is 5.32 Å². The topological polar surface area (TPSA) is 29.1 Å². The zero-order valence-electron chi connectivity index (χ0n) is 12.2. The molecule has 96 valence electrons. The second-order valence-electron chi connectivity index (χ2n) is 6.61. The van der Waals surface area contributed by atoms with Gasteiger partial charge in [-0.15, -0.1) is 0 Å². The summed E-state index contributed by atoms with van der Waals surface area (Å²) in [6, 6.07) is 0.275. The lowest BCUT2D eigenvalue weighted by atomic mass is 9.81. The van der Waals surface area contributed by atoms with Gasteiger partial charge in [0.1, 0.15) is 0 Å². The first-order valence-electron chi connectivity index (χ1n) is 6.37. The van der Waals surface area contributed by atoms with Gasteiger partial charge in [-0.25, -0.2) is 0 Å². The minimum absolute atomic E-state index is 0.0303. The van der Waals surface area contributed by atoms with E-state index in [1.54, 1.807) is 0 Å². The van der Waals surface area contributed by atoms with Gasteiger partial charge in [-0.3, -0.25) is 4.79 Å². The fraction of sp³-hybridized carbons (Fsp3) is 0.929. The van der Waals surface area contributed by atoms with Gasteiger partial charge in [0.15, 0.2) is 0 Å². The van der Waals surface area contributed by atoms with Crippen LogP contribution >= 0.6 is 0 Å². The summed E-state index contributed by atoms with van der Waals surface area (Å²) < 4.78 is 0. The smallest absolute Gasteiger partial charge is 0.223 e. The highest BCUT2D eigenvalue weighted by atomic mass is 16.2. The molecule has 2 nitrogen and oxygen atoms in total. The molecule has 16 heavy (non-hydrogen) atoms. The first kappa shape index (κ1) is 15.5. The van der Waals surface area contributed by atoms with Gasteiger partial charge in [0.05, 0.1) is 0 Å². The summed E-state index contributed by atoms with van der Waals surface area (Å²) in [5.41, 5.74) is 0.0303. The molecule has 0 rings (SSSR count). The molecule has 0 aliphatic rings. The van der Waals surface area contributed by atoms with Crippen molar-refractivity contribution >= 4 is 5.91 Å². The largest absolute Gasteiger partial charge is 0.353 e. The van der Waals surface area contributed by atoms with Crippen LogP contribution in [0.4, 0.5) is 0 Å². The van der Waals surface area contributed by atoms with E-state index in [0.717, 1.165) is 0 Å². The van der Waals surface area contributed by atoms with Gasteiger partial charge in [0.25, 0.3) is 0 Å². The summed E-state index contributed by atoms with van der Waals surface area (Å²) in [5.74, 6) is 1.19. The summed E-state index contributed by atoms with van der Waals surface area (Å²) in [4.78, 5) is 12.1. The van der Waals surface area contributed by atoms with Crippen molar-refractivity contribution in [3.8, 4) is 0 Å². The van der Waals surface area contributed by atoms with E-state index in [0.29, 0.717) is 11.8 Å². The van der Waals surface area contributed by atoms with Crippen molar-refractivity contribution in [2.24, 2.45) is 23.2 Å². The lowest BCUT2D eigenvalue weighted by molar-refractivity contribution is -0.128. The number of carbonyl (C=O) groups excluding carboxylic acids is 1. The van der Waals surface area contributed by atoms with Crippen LogP contribution < -0.4 is 5.32 Å². The number of nitrogens with one attached hydrogen (secondary N) is 1. The predicted molar refractivity (Wildman–Crippen MR) is 70.2 cm³/mol. The van der Waals surface area contributed by atoms with Gasteiger partial charge in [0, 0.05) is 12.0 Å². The minimum Gasteiger partial charge on any atom is -0.353 e. The average Bonchev–Trinajstić information content (AvgIpc) is 2.09. The molecule has 0 saturated carbocycles. The normalized spacial score (nSPS) is 14.7. The van der Waals surface area contributed by atoms with Crippen LogP contribution in [0.2, 0.25) is 0 Å². The highest BCUT2D eigenvalue weighted by Gasteiger charge is 2.29. The van der Waals surface area contributed by atoms with Crippen molar-refractivity contribution in [3.63, 3.8) is 0 Å². The van der Waals surface area contributed by atoms with Crippen LogP contribution in [0.1, 0.15) is 55.4 Å². The van der Waals surface area contributed by atoms with E-state index >= 15 is 0 Å². The maximum absolute atomic E-state index is 12.1. The summed E-state index contributed by atoms with van der Waals surface area (Å²) in [7, 11) is 0. The Bertz CT molecular complexity index is 217. The molecule has 0 saturated heterocycles. The van der Waals surface area contributed by atoms with Gasteiger partial charge >= 0.3 is 0 Å². The van der Waals surface area contributed by atoms with Crippen LogP contribution in [-0.2, 0) is 4.79 Å². The molecule has 1 atom stereocenters. The van der Waals surface area contributed by atoms with Crippen molar-refractivity contribution in [1.29, 1.82) is 0 Å². The number of hydrogen-bond donors (Lipinski definition) is 1. The van der Waals surface area contributed by atoms with Crippen molar-refractivity contribution in [1.82, 2.24) is 5.32 Å². The van der Waals surface area contributed by atoms with Crippen LogP contribution in [0.25, 0.3) is 0 Å². The van der Waals surface area contributed by atoms with Crippen LogP contribution in [-0.4, -0.2) is 11.9 Å². The summed E-state index contributed by atoms with van der Waals surface area (Å²) in [5, 5.41) is 3.18. The maximum atomic E-state index is 12.1. The van der Waals surface area contributed by atoms with E-state index in [2.05, 4.69) is 53.8 Å². The first-order valence-corrected chi connectivity index (χ1v) is 6.37. The zero-order chi connectivity index (χ0) is 13.1. The highest BCUT2D eigenvalue weighted by molar-refractivity contribution is 5.79. The van der Waals surface area contributed by atoms with Crippen molar-refractivity contribution in [3.05, 3.63) is 0 Å². The zero-order valence-corrected chi connectivity index (χ0v) is 12.2. The molecular weight excluding hydrogens is 198 g/mol. The third kappa shape index (κ3) is 4.54. The first-order chi connectivity index (χ1) is 7.07. The van der Waals surface area contributed by atoms with Crippen LogP contribution in [0.5, 0.6) is 0 Å². The van der Waals surface area contributed by atoms with Gasteiger partial charge in [0.2, 0.25) is 5.91 Å². The highest BCUT2D eigenvalue weighted by Crippen LogP contribution is 2.26. The third-order valence-corrected chi connectivity index (χ3v) is 3.44. The molecular formula is C14H29NO. The fourth-order valence-corrected chi connectivity index (χ4v) is 1.79. The Morgan fingerprint density at radius 1 is 0.938 bits per heavy atom. The van der Waals surface area contributed by atoms with E-state index in [9.17, 15) is 4.79 Å². The van der Waals surface area contributed by atoms with Crippen molar-refractivity contribution in [2.45, 2.75) is 61.4 Å². The van der Waals surface area contributed by atoms with Crippen molar-refractivity contribution < 1.29 is 4.79 Å². The molecule has 1 amide bonds. The van der Waals surface area contributed by atoms with Crippen LogP contribution in [0.15, 0.2) is 0 Å². The predicted octanol–water partition coefficient (Wildman–Crippen LogP) is 3.47. The molecule has 0 fully saturated rings. The summed E-state index contributed by atoms with van der Waals surface area (Å²) >= 11 is 0. The Morgan fingerprint density at radius 2 is 1.31 bits per heavy atom. The van der Waals surface area contributed by atoms with Crippen LogP contribution in [0, 0.1) is 23.2 Å². The fourth-order valence-electron chi connectivity index (χ4n) is 1.79. The molecule has 0 aromatic heterocycles. The number of rotatable bonds is 4. The quantitative estimate of drug-likeness (QED) is 0.783. The second kappa shape index (κ2) is 5.70. The molecule has 0 radical (unpaired) electrons. The molecule has 2 heteroatoms. The molecule has 0 aromatic carbocycles. The van der Waals surface area contributed by atoms with E-state index in [4.69, 9.17) is 0 Å². The van der Waals surface area contributed by atoms with Crippen LogP contribution in [0.3, 0.4) is 0 Å². The van der Waals surface area contributed by atoms with E-state index in [-0.39, 0.29) is 23.3 Å². The van der Waals surface area contributed by atoms with Gasteiger partial charge in [-0.1, -0.05) is 55.4 Å². The molecule has 0 aliphatic carbocycles. The van der Waals surface area contributed by atoms with E-state index in [1.165, 1.54) is 0 Å². The molecule has 1 unspecified atom stereocenters. The maximum Gasteiger partial charge on any atom is 0.223 e. The van der Waals surface area contributed by atoms with Gasteiger partial charge in [-0.2, -0.15) is 0 Å². The molecule has 0 spiro atoms. The Hall–Kier alpha value is -0.530. The average molecular weight is 227 g/mol. The lowest BCUT2D eigenvalue weighted by Gasteiger charge is -2.31. The molecule has 1 N–H and O–H groups in total. The standard InChI is InChI=1S/C14H29NO/c1-9(2)12(10(3)4)15-13(16)11(5)14(6,7)8/h9-12H,1-8H3,(H,15,16). The number of hydrogen-bond acceptors (Lipinski definition) is 1.